The summed E-state index contributed by atoms with van der Waals surface area (Å²) in [5.41, 5.74) is 1.42. The Labute approximate surface area is 172 Å². The summed E-state index contributed by atoms with van der Waals surface area (Å²) in [4.78, 5) is 43.6. The average molecular weight is 399 g/mol. The van der Waals surface area contributed by atoms with Crippen LogP contribution in [0.15, 0.2) is 24.3 Å². The van der Waals surface area contributed by atoms with E-state index in [2.05, 4.69) is 5.32 Å². The van der Waals surface area contributed by atoms with Crippen LogP contribution in [0.4, 0.5) is 11.4 Å². The van der Waals surface area contributed by atoms with Crippen molar-refractivity contribution in [2.75, 3.05) is 42.9 Å². The molecule has 3 heterocycles. The van der Waals surface area contributed by atoms with Crippen LogP contribution < -0.4 is 10.2 Å². The van der Waals surface area contributed by atoms with Crippen LogP contribution in [-0.2, 0) is 14.4 Å². The summed E-state index contributed by atoms with van der Waals surface area (Å²) in [7, 11) is 0. The number of likely N-dealkylation sites (tertiary alicyclic amines) is 2. The number of hydrogen-bond acceptors (Lipinski definition) is 4. The van der Waals surface area contributed by atoms with Crippen molar-refractivity contribution in [2.45, 2.75) is 51.0 Å². The lowest BCUT2D eigenvalue weighted by Crippen LogP contribution is -2.52. The first-order valence-electron chi connectivity index (χ1n) is 10.9. The Morgan fingerprint density at radius 3 is 2.48 bits per heavy atom. The summed E-state index contributed by atoms with van der Waals surface area (Å²) in [5, 5.41) is 2.98. The van der Waals surface area contributed by atoms with E-state index in [9.17, 15) is 14.4 Å². The highest BCUT2D eigenvalue weighted by molar-refractivity contribution is 6.02. The molecule has 1 unspecified atom stereocenters. The topological polar surface area (TPSA) is 73.0 Å². The highest BCUT2D eigenvalue weighted by atomic mass is 16.2. The number of amides is 3. The number of piperidine rings is 1. The fourth-order valence-electron chi connectivity index (χ4n) is 4.70. The predicted octanol–water partition coefficient (Wildman–Crippen LogP) is 2.23. The number of carbonyl (C=O) groups is 3. The van der Waals surface area contributed by atoms with Crippen LogP contribution in [0.25, 0.3) is 0 Å². The summed E-state index contributed by atoms with van der Waals surface area (Å²) < 4.78 is 0. The number of hydrogen-bond donors (Lipinski definition) is 1. The predicted molar refractivity (Wildman–Crippen MR) is 112 cm³/mol. The van der Waals surface area contributed by atoms with Crippen LogP contribution in [0.3, 0.4) is 0 Å². The molecule has 0 radical (unpaired) electrons. The van der Waals surface area contributed by atoms with E-state index in [1.165, 1.54) is 0 Å². The van der Waals surface area contributed by atoms with Gasteiger partial charge in [-0.3, -0.25) is 19.3 Å². The number of anilines is 2. The van der Waals surface area contributed by atoms with E-state index < -0.39 is 0 Å². The average Bonchev–Trinajstić information content (AvgIpc) is 3.40. The van der Waals surface area contributed by atoms with E-state index in [1.54, 1.807) is 4.90 Å². The van der Waals surface area contributed by atoms with Crippen molar-refractivity contribution in [3.05, 3.63) is 24.3 Å². The second-order valence-electron chi connectivity index (χ2n) is 8.23. The molecule has 1 aromatic rings. The van der Waals surface area contributed by atoms with Gasteiger partial charge in [-0.25, -0.2) is 0 Å². The van der Waals surface area contributed by atoms with E-state index in [4.69, 9.17) is 0 Å². The van der Waals surface area contributed by atoms with E-state index in [-0.39, 0.29) is 30.3 Å². The molecule has 3 fully saturated rings. The molecule has 3 aliphatic heterocycles. The molecule has 4 rings (SSSR count). The van der Waals surface area contributed by atoms with Crippen molar-refractivity contribution in [2.24, 2.45) is 0 Å². The molecular formula is C22H30N4O3. The smallest absolute Gasteiger partial charge is 0.239 e. The largest absolute Gasteiger partial charge is 0.341 e. The van der Waals surface area contributed by atoms with Gasteiger partial charge in [0.25, 0.3) is 0 Å². The van der Waals surface area contributed by atoms with Gasteiger partial charge < -0.3 is 15.1 Å². The molecule has 156 valence electrons. The van der Waals surface area contributed by atoms with Crippen LogP contribution in [0.5, 0.6) is 0 Å². The van der Waals surface area contributed by atoms with Crippen molar-refractivity contribution in [1.29, 1.82) is 0 Å². The second kappa shape index (κ2) is 8.95. The zero-order valence-electron chi connectivity index (χ0n) is 16.9. The Hall–Kier alpha value is -2.41. The lowest BCUT2D eigenvalue weighted by atomic mass is 10.0. The fourth-order valence-corrected chi connectivity index (χ4v) is 4.70. The SMILES string of the molecule is O=C(CN1CCCCC1C(=O)N1CCCC1)Nc1ccccc1N1CCCC1=O. The third-order valence-corrected chi connectivity index (χ3v) is 6.21. The summed E-state index contributed by atoms with van der Waals surface area (Å²) in [5.74, 6) is 0.141. The third-order valence-electron chi connectivity index (χ3n) is 6.21. The second-order valence-corrected chi connectivity index (χ2v) is 8.23. The zero-order valence-corrected chi connectivity index (χ0v) is 16.9. The maximum absolute atomic E-state index is 12.9. The molecule has 0 spiro atoms. The molecule has 1 atom stereocenters. The zero-order chi connectivity index (χ0) is 20.2. The van der Waals surface area contributed by atoms with Gasteiger partial charge in [0.15, 0.2) is 0 Å². The van der Waals surface area contributed by atoms with E-state index >= 15 is 0 Å². The van der Waals surface area contributed by atoms with Crippen molar-refractivity contribution in [1.82, 2.24) is 9.80 Å². The van der Waals surface area contributed by atoms with Gasteiger partial charge in [-0.05, 0) is 50.8 Å². The minimum absolute atomic E-state index is 0.0963. The van der Waals surface area contributed by atoms with Crippen molar-refractivity contribution in [3.8, 4) is 0 Å². The van der Waals surface area contributed by atoms with Crippen LogP contribution in [0, 0.1) is 0 Å². The van der Waals surface area contributed by atoms with Gasteiger partial charge in [-0.15, -0.1) is 0 Å². The molecule has 3 saturated heterocycles. The molecule has 1 N–H and O–H groups in total. The first-order chi connectivity index (χ1) is 14.1. The van der Waals surface area contributed by atoms with Gasteiger partial charge in [-0.1, -0.05) is 18.6 Å². The van der Waals surface area contributed by atoms with Crippen LogP contribution >= 0.6 is 0 Å². The number of benzene rings is 1. The maximum atomic E-state index is 12.9. The van der Waals surface area contributed by atoms with Crippen LogP contribution in [0.2, 0.25) is 0 Å². The highest BCUT2D eigenvalue weighted by Crippen LogP contribution is 2.29. The number of rotatable bonds is 5. The molecule has 3 amide bonds. The van der Waals surface area contributed by atoms with Gasteiger partial charge in [0, 0.05) is 26.1 Å². The first kappa shape index (κ1) is 19.9. The lowest BCUT2D eigenvalue weighted by molar-refractivity contribution is -0.138. The van der Waals surface area contributed by atoms with E-state index in [1.807, 2.05) is 34.1 Å². The normalized spacial score (nSPS) is 22.9. The van der Waals surface area contributed by atoms with Gasteiger partial charge in [0.1, 0.15) is 0 Å². The Morgan fingerprint density at radius 2 is 1.72 bits per heavy atom. The van der Waals surface area contributed by atoms with Crippen molar-refractivity contribution in [3.63, 3.8) is 0 Å². The Bertz CT molecular complexity index is 775. The summed E-state index contributed by atoms with van der Waals surface area (Å²) in [6.07, 6.45) is 6.40. The van der Waals surface area contributed by atoms with E-state index in [0.717, 1.165) is 63.8 Å². The summed E-state index contributed by atoms with van der Waals surface area (Å²) >= 11 is 0. The number of carbonyl (C=O) groups excluding carboxylic acids is 3. The molecule has 29 heavy (non-hydrogen) atoms. The molecule has 0 saturated carbocycles. The standard InChI is InChI=1S/C22H30N4O3/c27-20(23-17-8-1-2-9-18(17)26-15-7-11-21(26)28)16-25-14-4-3-10-19(25)22(29)24-12-5-6-13-24/h1-2,8-9,19H,3-7,10-16H2,(H,23,27). The monoisotopic (exact) mass is 398 g/mol. The molecular weight excluding hydrogens is 368 g/mol. The van der Waals surface area contributed by atoms with Gasteiger partial charge in [0.2, 0.25) is 17.7 Å². The molecule has 3 aliphatic rings. The number of nitrogens with zero attached hydrogens (tertiary/aromatic N) is 3. The first-order valence-corrected chi connectivity index (χ1v) is 10.9. The van der Waals surface area contributed by atoms with Gasteiger partial charge >= 0.3 is 0 Å². The summed E-state index contributed by atoms with van der Waals surface area (Å²) in [6.45, 7) is 3.33. The van der Waals surface area contributed by atoms with Crippen LogP contribution in [-0.4, -0.2) is 66.3 Å². The minimum Gasteiger partial charge on any atom is -0.341 e. The van der Waals surface area contributed by atoms with Gasteiger partial charge in [0.05, 0.1) is 24.0 Å². The molecule has 0 aliphatic carbocycles. The van der Waals surface area contributed by atoms with Crippen molar-refractivity contribution >= 4 is 29.1 Å². The Kier molecular flexibility index (Phi) is 6.13. The van der Waals surface area contributed by atoms with Crippen LogP contribution in [0.1, 0.15) is 44.9 Å². The summed E-state index contributed by atoms with van der Waals surface area (Å²) in [6, 6.07) is 7.26. The number of nitrogens with one attached hydrogen (secondary N) is 1. The fraction of sp³-hybridized carbons (Fsp3) is 0.591. The third kappa shape index (κ3) is 4.45. The van der Waals surface area contributed by atoms with Crippen molar-refractivity contribution < 1.29 is 14.4 Å². The van der Waals surface area contributed by atoms with E-state index in [0.29, 0.717) is 18.7 Å². The number of para-hydroxylation sites is 2. The quantitative estimate of drug-likeness (QED) is 0.826. The Morgan fingerprint density at radius 1 is 0.966 bits per heavy atom. The molecule has 1 aromatic carbocycles. The van der Waals surface area contributed by atoms with Gasteiger partial charge in [-0.2, -0.15) is 0 Å². The lowest BCUT2D eigenvalue weighted by Gasteiger charge is -2.36. The molecule has 7 nitrogen and oxygen atoms in total. The maximum Gasteiger partial charge on any atom is 0.239 e. The molecule has 7 heteroatoms. The highest BCUT2D eigenvalue weighted by Gasteiger charge is 2.34. The molecule has 0 aromatic heterocycles. The minimum atomic E-state index is -0.192. The molecule has 0 bridgehead atoms. The Balaban J connectivity index is 1.42.